The number of rotatable bonds is 4. The fourth-order valence-electron chi connectivity index (χ4n) is 3.88. The highest BCUT2D eigenvalue weighted by atomic mass is 16.5. The normalized spacial score (nSPS) is 23.2. The first-order chi connectivity index (χ1) is 13.6. The maximum atomic E-state index is 13.2. The fraction of sp³-hybridized carbons (Fsp3) is 0.125. The molecule has 2 N–H and O–H groups in total. The fourth-order valence-corrected chi connectivity index (χ4v) is 3.88. The van der Waals surface area contributed by atoms with Gasteiger partial charge < -0.3 is 15.2 Å². The van der Waals surface area contributed by atoms with Crippen molar-refractivity contribution in [2.45, 2.75) is 11.1 Å². The Morgan fingerprint density at radius 3 is 2.21 bits per heavy atom. The lowest BCUT2D eigenvalue weighted by Gasteiger charge is -2.38. The molecule has 0 saturated carbocycles. The third kappa shape index (κ3) is 2.62. The summed E-state index contributed by atoms with van der Waals surface area (Å²) in [6.07, 6.45) is 3.50. The van der Waals surface area contributed by atoms with Gasteiger partial charge in [0.25, 0.3) is 0 Å². The van der Waals surface area contributed by atoms with Crippen LogP contribution in [0.1, 0.15) is 16.7 Å². The molecule has 28 heavy (non-hydrogen) atoms. The van der Waals surface area contributed by atoms with Gasteiger partial charge in [0, 0.05) is 11.3 Å². The molecule has 3 aromatic carbocycles. The van der Waals surface area contributed by atoms with Crippen molar-refractivity contribution in [3.05, 3.63) is 108 Å². The molecule has 1 heterocycles. The Hall–Kier alpha value is -3.37. The topological polar surface area (TPSA) is 58.6 Å². The molecule has 2 atom stereocenters. The zero-order chi connectivity index (χ0) is 19.6. The molecule has 1 aliphatic rings. The van der Waals surface area contributed by atoms with E-state index in [0.717, 1.165) is 5.56 Å². The van der Waals surface area contributed by atoms with Crippen molar-refractivity contribution < 1.29 is 14.6 Å². The number of fused-ring (bicyclic) bond motifs is 1. The number of esters is 1. The number of aliphatic hydroxyl groups is 1. The number of hydrogen-bond donors (Lipinski definition) is 2. The van der Waals surface area contributed by atoms with Crippen molar-refractivity contribution in [1.82, 2.24) is 0 Å². The molecule has 3 aromatic rings. The number of carbonyl (C=O) groups excluding carboxylic acids is 1. The SMILES string of the molecule is COC(=O)[C@@]1(c2ccccc2)Nc2ccccc2[C@]1(O)/C=C/c1ccccc1. The summed E-state index contributed by atoms with van der Waals surface area (Å²) in [4.78, 5) is 13.2. The molecule has 0 aliphatic carbocycles. The van der Waals surface area contributed by atoms with Gasteiger partial charge in [-0.1, -0.05) is 84.9 Å². The Kier molecular flexibility index (Phi) is 4.49. The summed E-state index contributed by atoms with van der Waals surface area (Å²) in [5, 5.41) is 15.3. The zero-order valence-electron chi connectivity index (χ0n) is 15.5. The molecular formula is C24H21NO3. The number of nitrogens with one attached hydrogen (secondary N) is 1. The van der Waals surface area contributed by atoms with Crippen LogP contribution in [0.2, 0.25) is 0 Å². The molecular weight excluding hydrogens is 350 g/mol. The molecule has 4 heteroatoms. The Labute approximate surface area is 164 Å². The lowest BCUT2D eigenvalue weighted by atomic mass is 9.73. The van der Waals surface area contributed by atoms with Gasteiger partial charge >= 0.3 is 5.97 Å². The highest BCUT2D eigenvalue weighted by Gasteiger charge is 2.62. The van der Waals surface area contributed by atoms with Crippen LogP contribution in [0.25, 0.3) is 6.08 Å². The van der Waals surface area contributed by atoms with Crippen LogP contribution in [0.5, 0.6) is 0 Å². The molecule has 4 nitrogen and oxygen atoms in total. The standard InChI is InChI=1S/C24H21NO3/c1-28-22(26)24(19-12-6-3-7-13-19)23(27,17-16-18-10-4-2-5-11-18)20-14-8-9-15-21(20)25-24/h2-17,25,27H,1H3/b17-16+/t23-,24-/m1/s1. The third-order valence-corrected chi connectivity index (χ3v) is 5.25. The van der Waals surface area contributed by atoms with E-state index in [1.165, 1.54) is 7.11 Å². The first-order valence-electron chi connectivity index (χ1n) is 9.10. The molecule has 0 fully saturated rings. The smallest absolute Gasteiger partial charge is 0.340 e. The number of anilines is 1. The minimum absolute atomic E-state index is 0.560. The van der Waals surface area contributed by atoms with E-state index in [2.05, 4.69) is 5.32 Å². The van der Waals surface area contributed by atoms with Gasteiger partial charge in [-0.15, -0.1) is 0 Å². The summed E-state index contributed by atoms with van der Waals surface area (Å²) in [7, 11) is 1.33. The number of hydrogen-bond acceptors (Lipinski definition) is 4. The molecule has 0 aromatic heterocycles. The van der Waals surface area contributed by atoms with Crippen molar-refractivity contribution in [2.24, 2.45) is 0 Å². The maximum Gasteiger partial charge on any atom is 0.340 e. The third-order valence-electron chi connectivity index (χ3n) is 5.25. The van der Waals surface area contributed by atoms with Gasteiger partial charge in [-0.3, -0.25) is 0 Å². The van der Waals surface area contributed by atoms with Gasteiger partial charge in [0.05, 0.1) is 7.11 Å². The Morgan fingerprint density at radius 2 is 1.54 bits per heavy atom. The van der Waals surface area contributed by atoms with Gasteiger partial charge in [0.2, 0.25) is 0 Å². The molecule has 4 rings (SSSR count). The van der Waals surface area contributed by atoms with Gasteiger partial charge in [-0.25, -0.2) is 4.79 Å². The molecule has 0 spiro atoms. The summed E-state index contributed by atoms with van der Waals surface area (Å²) >= 11 is 0. The summed E-state index contributed by atoms with van der Waals surface area (Å²) in [5.41, 5.74) is -0.287. The molecule has 1 aliphatic heterocycles. The second-order valence-corrected chi connectivity index (χ2v) is 6.79. The summed E-state index contributed by atoms with van der Waals surface area (Å²) in [6, 6.07) is 26.2. The quantitative estimate of drug-likeness (QED) is 0.679. The van der Waals surface area contributed by atoms with Crippen LogP contribution in [0.4, 0.5) is 5.69 Å². The number of methoxy groups -OCH3 is 1. The summed E-state index contributed by atoms with van der Waals surface area (Å²) in [6.45, 7) is 0. The number of benzene rings is 3. The Bertz CT molecular complexity index is 1020. The van der Waals surface area contributed by atoms with E-state index in [0.29, 0.717) is 16.8 Å². The van der Waals surface area contributed by atoms with E-state index in [1.54, 1.807) is 6.08 Å². The van der Waals surface area contributed by atoms with Crippen LogP contribution in [-0.2, 0) is 20.7 Å². The summed E-state index contributed by atoms with van der Waals surface area (Å²) < 4.78 is 5.18. The largest absolute Gasteiger partial charge is 0.467 e. The van der Waals surface area contributed by atoms with E-state index in [9.17, 15) is 9.90 Å². The monoisotopic (exact) mass is 371 g/mol. The van der Waals surface area contributed by atoms with E-state index in [1.807, 2.05) is 91.0 Å². The van der Waals surface area contributed by atoms with E-state index < -0.39 is 17.1 Å². The average molecular weight is 371 g/mol. The predicted molar refractivity (Wildman–Crippen MR) is 110 cm³/mol. The second kappa shape index (κ2) is 6.98. The lowest BCUT2D eigenvalue weighted by Crippen LogP contribution is -2.55. The molecule has 0 radical (unpaired) electrons. The number of ether oxygens (including phenoxy) is 1. The van der Waals surface area contributed by atoms with Crippen molar-refractivity contribution in [1.29, 1.82) is 0 Å². The molecule has 0 saturated heterocycles. The van der Waals surface area contributed by atoms with Crippen LogP contribution in [0.3, 0.4) is 0 Å². The van der Waals surface area contributed by atoms with Gasteiger partial charge in [0.15, 0.2) is 5.54 Å². The molecule has 0 unspecified atom stereocenters. The average Bonchev–Trinajstić information content (AvgIpc) is 3.03. The minimum atomic E-state index is -1.64. The van der Waals surface area contributed by atoms with E-state index >= 15 is 0 Å². The Morgan fingerprint density at radius 1 is 0.929 bits per heavy atom. The van der Waals surface area contributed by atoms with Crippen molar-refractivity contribution in [2.75, 3.05) is 12.4 Å². The Balaban J connectivity index is 1.96. The van der Waals surface area contributed by atoms with Crippen LogP contribution in [0, 0.1) is 0 Å². The van der Waals surface area contributed by atoms with Gasteiger partial charge in [-0.2, -0.15) is 0 Å². The van der Waals surface area contributed by atoms with Crippen LogP contribution < -0.4 is 5.32 Å². The van der Waals surface area contributed by atoms with Crippen molar-refractivity contribution >= 4 is 17.7 Å². The first-order valence-corrected chi connectivity index (χ1v) is 9.10. The predicted octanol–water partition coefficient (Wildman–Crippen LogP) is 4.08. The van der Waals surface area contributed by atoms with Gasteiger partial charge in [0.1, 0.15) is 5.60 Å². The lowest BCUT2D eigenvalue weighted by molar-refractivity contribution is -0.154. The van der Waals surface area contributed by atoms with Gasteiger partial charge in [-0.05, 0) is 23.3 Å². The zero-order valence-corrected chi connectivity index (χ0v) is 15.5. The highest BCUT2D eigenvalue weighted by Crippen LogP contribution is 2.53. The number of para-hydroxylation sites is 1. The van der Waals surface area contributed by atoms with Crippen LogP contribution in [0.15, 0.2) is 91.0 Å². The van der Waals surface area contributed by atoms with Crippen molar-refractivity contribution in [3.8, 4) is 0 Å². The highest BCUT2D eigenvalue weighted by molar-refractivity contribution is 5.93. The van der Waals surface area contributed by atoms with Crippen molar-refractivity contribution in [3.63, 3.8) is 0 Å². The maximum absolute atomic E-state index is 13.2. The van der Waals surface area contributed by atoms with Crippen LogP contribution >= 0.6 is 0 Å². The van der Waals surface area contributed by atoms with Crippen LogP contribution in [-0.4, -0.2) is 18.2 Å². The second-order valence-electron chi connectivity index (χ2n) is 6.79. The summed E-state index contributed by atoms with van der Waals surface area (Å²) in [5.74, 6) is -0.560. The first kappa shape index (κ1) is 18.0. The number of carbonyl (C=O) groups is 1. The molecule has 0 bridgehead atoms. The van der Waals surface area contributed by atoms with E-state index in [4.69, 9.17) is 4.74 Å². The minimum Gasteiger partial charge on any atom is -0.467 e. The molecule has 140 valence electrons. The molecule has 0 amide bonds. The van der Waals surface area contributed by atoms with E-state index in [-0.39, 0.29) is 0 Å².